The Balaban J connectivity index is 2.41. The number of halogens is 3. The van der Waals surface area contributed by atoms with E-state index in [-0.39, 0.29) is 16.1 Å². The van der Waals surface area contributed by atoms with Crippen molar-refractivity contribution in [1.82, 2.24) is 9.97 Å². The number of nitrogens with one attached hydrogen (secondary N) is 1. The molecule has 0 amide bonds. The maximum atomic E-state index is 13.7. The number of rotatable bonds is 3. The fourth-order valence-electron chi connectivity index (χ4n) is 1.33. The lowest BCUT2D eigenvalue weighted by Gasteiger charge is -2.09. The minimum atomic E-state index is -4.12. The second-order valence-corrected chi connectivity index (χ2v) is 6.84. The van der Waals surface area contributed by atoms with Crippen molar-refractivity contribution in [2.45, 2.75) is 4.90 Å². The lowest BCUT2D eigenvalue weighted by Crippen LogP contribution is -2.16. The van der Waals surface area contributed by atoms with Gasteiger partial charge in [0.05, 0.1) is 6.20 Å². The summed E-state index contributed by atoms with van der Waals surface area (Å²) in [6.07, 6.45) is 1.31. The Labute approximate surface area is 130 Å². The molecule has 1 aromatic heterocycles. The molecule has 6 nitrogen and oxygen atoms in total. The number of anilines is 2. The molecule has 0 atom stereocenters. The van der Waals surface area contributed by atoms with Crippen molar-refractivity contribution in [1.29, 1.82) is 0 Å². The van der Waals surface area contributed by atoms with Crippen LogP contribution in [0.15, 0.2) is 38.5 Å². The average Bonchev–Trinajstić information content (AvgIpc) is 2.32. The first kappa shape index (κ1) is 15.1. The first-order valence-corrected chi connectivity index (χ1v) is 8.12. The minimum Gasteiger partial charge on any atom is -0.399 e. The monoisotopic (exact) mass is 424 g/mol. The second-order valence-electron chi connectivity index (χ2n) is 3.63. The summed E-state index contributed by atoms with van der Waals surface area (Å²) < 4.78 is 40.6. The maximum Gasteiger partial charge on any atom is 0.266 e. The lowest BCUT2D eigenvalue weighted by atomic mass is 10.3. The Hall–Kier alpha value is -1.26. The summed E-state index contributed by atoms with van der Waals surface area (Å²) in [5.41, 5.74) is 5.50. The van der Waals surface area contributed by atoms with E-state index in [0.29, 0.717) is 4.60 Å². The first-order valence-electron chi connectivity index (χ1n) is 5.05. The van der Waals surface area contributed by atoms with E-state index in [2.05, 4.69) is 46.5 Å². The molecule has 0 spiro atoms. The second kappa shape index (κ2) is 5.62. The summed E-state index contributed by atoms with van der Waals surface area (Å²) >= 11 is 6.14. The van der Waals surface area contributed by atoms with Gasteiger partial charge in [-0.05, 0) is 50.1 Å². The number of aromatic nitrogens is 2. The third-order valence-electron chi connectivity index (χ3n) is 2.18. The highest BCUT2D eigenvalue weighted by Crippen LogP contribution is 2.24. The van der Waals surface area contributed by atoms with Gasteiger partial charge in [0.15, 0.2) is 10.4 Å². The Morgan fingerprint density at radius 1 is 1.30 bits per heavy atom. The zero-order chi connectivity index (χ0) is 14.9. The van der Waals surface area contributed by atoms with E-state index in [1.165, 1.54) is 12.3 Å². The molecule has 10 heteroatoms. The van der Waals surface area contributed by atoms with Crippen molar-refractivity contribution >= 4 is 53.4 Å². The van der Waals surface area contributed by atoms with E-state index in [4.69, 9.17) is 5.73 Å². The van der Waals surface area contributed by atoms with Crippen LogP contribution in [0.3, 0.4) is 0 Å². The third kappa shape index (κ3) is 3.25. The van der Waals surface area contributed by atoms with Gasteiger partial charge in [0.1, 0.15) is 15.3 Å². The molecule has 0 aliphatic carbocycles. The molecule has 0 unspecified atom stereocenters. The highest BCUT2D eigenvalue weighted by Gasteiger charge is 2.21. The zero-order valence-electron chi connectivity index (χ0n) is 9.64. The largest absolute Gasteiger partial charge is 0.399 e. The normalized spacial score (nSPS) is 11.3. The highest BCUT2D eigenvalue weighted by molar-refractivity contribution is 9.11. The molecule has 106 valence electrons. The summed E-state index contributed by atoms with van der Waals surface area (Å²) in [4.78, 5) is 7.24. The van der Waals surface area contributed by atoms with Crippen LogP contribution in [-0.2, 0) is 10.0 Å². The number of nitrogen functional groups attached to an aromatic ring is 1. The molecule has 1 aromatic carbocycles. The molecule has 0 aliphatic heterocycles. The number of hydrogen-bond acceptors (Lipinski definition) is 5. The summed E-state index contributed by atoms with van der Waals surface area (Å²) in [5, 5.41) is 0. The van der Waals surface area contributed by atoms with Crippen LogP contribution in [0.5, 0.6) is 0 Å². The molecule has 3 N–H and O–H groups in total. The molecule has 0 aliphatic rings. The van der Waals surface area contributed by atoms with Crippen molar-refractivity contribution < 1.29 is 12.8 Å². The molecule has 0 radical (unpaired) electrons. The van der Waals surface area contributed by atoms with Crippen LogP contribution >= 0.6 is 31.9 Å². The van der Waals surface area contributed by atoms with Gasteiger partial charge in [-0.3, -0.25) is 4.72 Å². The van der Waals surface area contributed by atoms with Gasteiger partial charge < -0.3 is 5.73 Å². The van der Waals surface area contributed by atoms with E-state index >= 15 is 0 Å². The van der Waals surface area contributed by atoms with Gasteiger partial charge in [0, 0.05) is 5.69 Å². The molecule has 1 heterocycles. The summed E-state index contributed by atoms with van der Waals surface area (Å²) in [5.74, 6) is -0.997. The lowest BCUT2D eigenvalue weighted by molar-refractivity contribution is 0.570. The zero-order valence-corrected chi connectivity index (χ0v) is 13.6. The van der Waals surface area contributed by atoms with Crippen LogP contribution in [0, 0.1) is 5.82 Å². The predicted octanol–water partition coefficient (Wildman–Crippen LogP) is 2.52. The average molecular weight is 426 g/mol. The van der Waals surface area contributed by atoms with Crippen LogP contribution in [-0.4, -0.2) is 18.4 Å². The number of benzene rings is 1. The Morgan fingerprint density at radius 3 is 2.60 bits per heavy atom. The Bertz CT molecular complexity index is 770. The van der Waals surface area contributed by atoms with E-state index in [1.54, 1.807) is 0 Å². The topological polar surface area (TPSA) is 98.0 Å². The Morgan fingerprint density at radius 2 is 2.00 bits per heavy atom. The molecule has 2 rings (SSSR count). The molecule has 0 bridgehead atoms. The predicted molar refractivity (Wildman–Crippen MR) is 79.1 cm³/mol. The fraction of sp³-hybridized carbons (Fsp3) is 0. The van der Waals surface area contributed by atoms with Crippen LogP contribution in [0.4, 0.5) is 15.9 Å². The van der Waals surface area contributed by atoms with Crippen LogP contribution in [0.2, 0.25) is 0 Å². The van der Waals surface area contributed by atoms with Gasteiger partial charge in [0.2, 0.25) is 0 Å². The minimum absolute atomic E-state index is 0.0515. The quantitative estimate of drug-likeness (QED) is 0.736. The van der Waals surface area contributed by atoms with Gasteiger partial charge in [-0.25, -0.2) is 22.8 Å². The van der Waals surface area contributed by atoms with Gasteiger partial charge in [0.25, 0.3) is 10.0 Å². The fourth-order valence-corrected chi connectivity index (χ4v) is 3.45. The van der Waals surface area contributed by atoms with Crippen molar-refractivity contribution in [3.63, 3.8) is 0 Å². The molecule has 2 aromatic rings. The highest BCUT2D eigenvalue weighted by atomic mass is 79.9. The smallest absolute Gasteiger partial charge is 0.266 e. The van der Waals surface area contributed by atoms with Crippen molar-refractivity contribution in [3.05, 3.63) is 39.4 Å². The van der Waals surface area contributed by atoms with Crippen LogP contribution in [0.1, 0.15) is 0 Å². The number of hydrogen-bond donors (Lipinski definition) is 2. The summed E-state index contributed by atoms with van der Waals surface area (Å²) in [7, 11) is -4.12. The van der Waals surface area contributed by atoms with Gasteiger partial charge >= 0.3 is 0 Å². The third-order valence-corrected chi connectivity index (χ3v) is 4.48. The summed E-state index contributed by atoms with van der Waals surface area (Å²) in [6.45, 7) is 0. The van der Waals surface area contributed by atoms with Gasteiger partial charge in [-0.2, -0.15) is 0 Å². The molecular weight excluding hydrogens is 419 g/mol. The van der Waals surface area contributed by atoms with Crippen LogP contribution < -0.4 is 10.5 Å². The van der Waals surface area contributed by atoms with Gasteiger partial charge in [-0.15, -0.1) is 0 Å². The van der Waals surface area contributed by atoms with E-state index in [9.17, 15) is 12.8 Å². The number of nitrogens with two attached hydrogens (primary N) is 1. The van der Waals surface area contributed by atoms with Gasteiger partial charge in [-0.1, -0.05) is 0 Å². The summed E-state index contributed by atoms with van der Waals surface area (Å²) in [6, 6.07) is 3.30. The maximum absolute atomic E-state index is 13.7. The Kier molecular flexibility index (Phi) is 4.25. The standard InChI is InChI=1S/C10H7Br2FN4O2S/c11-8-4-15-10(9(12)16-8)17-20(18,19)7-2-1-5(14)3-6(7)13/h1-4H,14H2,(H,15,17). The van der Waals surface area contributed by atoms with E-state index in [0.717, 1.165) is 12.1 Å². The van der Waals surface area contributed by atoms with E-state index in [1.807, 2.05) is 0 Å². The SMILES string of the molecule is Nc1ccc(S(=O)(=O)Nc2ncc(Br)nc2Br)c(F)c1. The van der Waals surface area contributed by atoms with Crippen molar-refractivity contribution in [2.24, 2.45) is 0 Å². The van der Waals surface area contributed by atoms with Crippen molar-refractivity contribution in [2.75, 3.05) is 10.5 Å². The number of sulfonamides is 1. The molecule has 20 heavy (non-hydrogen) atoms. The van der Waals surface area contributed by atoms with Crippen LogP contribution in [0.25, 0.3) is 0 Å². The molecule has 0 fully saturated rings. The molecule has 0 saturated carbocycles. The van der Waals surface area contributed by atoms with Crippen molar-refractivity contribution in [3.8, 4) is 0 Å². The first-order chi connectivity index (χ1) is 9.29. The van der Waals surface area contributed by atoms with E-state index < -0.39 is 20.7 Å². The number of nitrogens with zero attached hydrogens (tertiary/aromatic N) is 2. The molecule has 0 saturated heterocycles. The molecular formula is C10H7Br2FN4O2S.